The SMILES string of the molecule is CCCC1=C(C(=O)OC)[C@H](c2ccccc2)NC(=S)N1. The van der Waals surface area contributed by atoms with Gasteiger partial charge in [0.1, 0.15) is 0 Å². The first-order valence-electron chi connectivity index (χ1n) is 6.61. The number of methoxy groups -OCH3 is 1. The van der Waals surface area contributed by atoms with Gasteiger partial charge < -0.3 is 15.4 Å². The zero-order valence-corrected chi connectivity index (χ0v) is 12.4. The summed E-state index contributed by atoms with van der Waals surface area (Å²) < 4.78 is 4.93. The van der Waals surface area contributed by atoms with E-state index in [-0.39, 0.29) is 12.0 Å². The number of benzene rings is 1. The van der Waals surface area contributed by atoms with E-state index in [0.717, 1.165) is 24.1 Å². The summed E-state index contributed by atoms with van der Waals surface area (Å²) in [6.45, 7) is 2.06. The fraction of sp³-hybridized carbons (Fsp3) is 0.333. The maximum Gasteiger partial charge on any atom is 0.337 e. The molecule has 0 fully saturated rings. The molecule has 0 unspecified atom stereocenters. The highest BCUT2D eigenvalue weighted by molar-refractivity contribution is 7.80. The number of ether oxygens (including phenoxy) is 1. The number of hydrogen-bond donors (Lipinski definition) is 2. The smallest absolute Gasteiger partial charge is 0.337 e. The second kappa shape index (κ2) is 6.52. The third-order valence-corrected chi connectivity index (χ3v) is 3.41. The molecule has 0 amide bonds. The number of thiocarbonyl (C=S) groups is 1. The van der Waals surface area contributed by atoms with Gasteiger partial charge in [-0.3, -0.25) is 0 Å². The fourth-order valence-corrected chi connectivity index (χ4v) is 2.55. The van der Waals surface area contributed by atoms with Crippen molar-refractivity contribution in [1.82, 2.24) is 10.6 Å². The lowest BCUT2D eigenvalue weighted by Crippen LogP contribution is -2.45. The van der Waals surface area contributed by atoms with Crippen LogP contribution in [0.2, 0.25) is 0 Å². The molecule has 1 aromatic carbocycles. The molecule has 2 N–H and O–H groups in total. The highest BCUT2D eigenvalue weighted by atomic mass is 32.1. The highest BCUT2D eigenvalue weighted by Crippen LogP contribution is 2.29. The molecule has 0 bridgehead atoms. The molecule has 0 spiro atoms. The summed E-state index contributed by atoms with van der Waals surface area (Å²) in [5.74, 6) is -0.329. The Hall–Kier alpha value is -1.88. The van der Waals surface area contributed by atoms with Crippen molar-refractivity contribution in [3.8, 4) is 0 Å². The van der Waals surface area contributed by atoms with Crippen LogP contribution >= 0.6 is 12.2 Å². The van der Waals surface area contributed by atoms with E-state index in [0.29, 0.717) is 10.7 Å². The average molecular weight is 290 g/mol. The Balaban J connectivity index is 2.49. The Morgan fingerprint density at radius 1 is 1.35 bits per heavy atom. The molecule has 1 aliphatic rings. The number of esters is 1. The molecule has 1 aliphatic heterocycles. The van der Waals surface area contributed by atoms with Crippen LogP contribution in [-0.2, 0) is 9.53 Å². The highest BCUT2D eigenvalue weighted by Gasteiger charge is 2.31. The van der Waals surface area contributed by atoms with Crippen molar-refractivity contribution in [1.29, 1.82) is 0 Å². The van der Waals surface area contributed by atoms with E-state index in [9.17, 15) is 4.79 Å². The molecule has 5 heteroatoms. The molecule has 0 aromatic heterocycles. The van der Waals surface area contributed by atoms with Crippen LogP contribution < -0.4 is 10.6 Å². The van der Waals surface area contributed by atoms with Gasteiger partial charge in [-0.1, -0.05) is 43.7 Å². The minimum absolute atomic E-state index is 0.265. The molecule has 2 rings (SSSR count). The van der Waals surface area contributed by atoms with Crippen LogP contribution in [0.1, 0.15) is 31.4 Å². The van der Waals surface area contributed by atoms with Crippen LogP contribution in [-0.4, -0.2) is 18.2 Å². The number of hydrogen-bond acceptors (Lipinski definition) is 3. The average Bonchev–Trinajstić information content (AvgIpc) is 2.47. The predicted molar refractivity (Wildman–Crippen MR) is 82.0 cm³/mol. The molecule has 0 saturated heterocycles. The molecule has 20 heavy (non-hydrogen) atoms. The Kier molecular flexibility index (Phi) is 4.74. The molecule has 0 aliphatic carbocycles. The van der Waals surface area contributed by atoms with Crippen molar-refractivity contribution in [2.45, 2.75) is 25.8 Å². The summed E-state index contributed by atoms with van der Waals surface area (Å²) in [5, 5.41) is 6.77. The standard InChI is InChI=1S/C15H18N2O2S/c1-3-7-11-12(14(18)19-2)13(17-15(20)16-11)10-8-5-4-6-9-10/h4-6,8-9,13H,3,7H2,1-2H3,(H2,16,17,20)/t13-/m0/s1. The summed E-state index contributed by atoms with van der Waals surface area (Å²) in [6.07, 6.45) is 1.68. The normalized spacial score (nSPS) is 18.3. The lowest BCUT2D eigenvalue weighted by atomic mass is 9.94. The first-order chi connectivity index (χ1) is 9.67. The van der Waals surface area contributed by atoms with Gasteiger partial charge in [0.25, 0.3) is 0 Å². The zero-order chi connectivity index (χ0) is 14.5. The Morgan fingerprint density at radius 3 is 2.65 bits per heavy atom. The number of nitrogens with one attached hydrogen (secondary N) is 2. The number of rotatable bonds is 4. The van der Waals surface area contributed by atoms with Crippen molar-refractivity contribution < 1.29 is 9.53 Å². The second-order valence-corrected chi connectivity index (χ2v) is 4.98. The molecule has 1 aromatic rings. The van der Waals surface area contributed by atoms with E-state index in [2.05, 4.69) is 17.6 Å². The van der Waals surface area contributed by atoms with Crippen LogP contribution in [0.15, 0.2) is 41.6 Å². The minimum atomic E-state index is -0.329. The number of allylic oxidation sites excluding steroid dienone is 1. The van der Waals surface area contributed by atoms with E-state index in [4.69, 9.17) is 17.0 Å². The van der Waals surface area contributed by atoms with Gasteiger partial charge in [0.15, 0.2) is 5.11 Å². The van der Waals surface area contributed by atoms with Crippen molar-refractivity contribution in [2.75, 3.05) is 7.11 Å². The molecule has 4 nitrogen and oxygen atoms in total. The van der Waals surface area contributed by atoms with Gasteiger partial charge >= 0.3 is 5.97 Å². The van der Waals surface area contributed by atoms with E-state index in [1.54, 1.807) is 0 Å². The van der Waals surface area contributed by atoms with Crippen molar-refractivity contribution >= 4 is 23.3 Å². The summed E-state index contributed by atoms with van der Waals surface area (Å²) in [5.41, 5.74) is 2.44. The first-order valence-corrected chi connectivity index (χ1v) is 7.02. The molecule has 1 heterocycles. The Labute approximate surface area is 124 Å². The summed E-state index contributed by atoms with van der Waals surface area (Å²) in [7, 11) is 1.40. The van der Waals surface area contributed by atoms with Crippen molar-refractivity contribution in [3.63, 3.8) is 0 Å². The lowest BCUT2D eigenvalue weighted by Gasteiger charge is -2.30. The third kappa shape index (κ3) is 2.99. The second-order valence-electron chi connectivity index (χ2n) is 4.58. The Bertz CT molecular complexity index is 540. The Morgan fingerprint density at radius 2 is 2.05 bits per heavy atom. The minimum Gasteiger partial charge on any atom is -0.466 e. The molecular weight excluding hydrogens is 272 g/mol. The van der Waals surface area contributed by atoms with Gasteiger partial charge in [-0.15, -0.1) is 0 Å². The van der Waals surface area contributed by atoms with Gasteiger partial charge in [0.2, 0.25) is 0 Å². The van der Waals surface area contributed by atoms with Gasteiger partial charge in [-0.05, 0) is 24.2 Å². The van der Waals surface area contributed by atoms with Crippen molar-refractivity contribution in [2.24, 2.45) is 0 Å². The van der Waals surface area contributed by atoms with E-state index in [1.165, 1.54) is 7.11 Å². The summed E-state index contributed by atoms with van der Waals surface area (Å²) >= 11 is 5.24. The fourth-order valence-electron chi connectivity index (χ4n) is 2.31. The zero-order valence-electron chi connectivity index (χ0n) is 11.6. The van der Waals surface area contributed by atoms with Crippen LogP contribution in [0.25, 0.3) is 0 Å². The largest absolute Gasteiger partial charge is 0.466 e. The number of carbonyl (C=O) groups excluding carboxylic acids is 1. The summed E-state index contributed by atoms with van der Waals surface area (Å²) in [6, 6.07) is 9.50. The third-order valence-electron chi connectivity index (χ3n) is 3.19. The molecule has 1 atom stereocenters. The van der Waals surface area contributed by atoms with Crippen molar-refractivity contribution in [3.05, 3.63) is 47.2 Å². The van der Waals surface area contributed by atoms with Crippen LogP contribution in [0.4, 0.5) is 0 Å². The maximum absolute atomic E-state index is 12.1. The molecule has 0 saturated carbocycles. The van der Waals surface area contributed by atoms with Crippen LogP contribution in [0.5, 0.6) is 0 Å². The topological polar surface area (TPSA) is 50.4 Å². The monoisotopic (exact) mass is 290 g/mol. The van der Waals surface area contributed by atoms with E-state index < -0.39 is 0 Å². The van der Waals surface area contributed by atoms with Gasteiger partial charge in [0, 0.05) is 5.70 Å². The van der Waals surface area contributed by atoms with E-state index in [1.807, 2.05) is 30.3 Å². The van der Waals surface area contributed by atoms with Gasteiger partial charge in [-0.2, -0.15) is 0 Å². The molecular formula is C15H18N2O2S. The molecule has 0 radical (unpaired) electrons. The first kappa shape index (κ1) is 14.5. The van der Waals surface area contributed by atoms with E-state index >= 15 is 0 Å². The van der Waals surface area contributed by atoms with Crippen LogP contribution in [0, 0.1) is 0 Å². The van der Waals surface area contributed by atoms with Gasteiger partial charge in [0.05, 0.1) is 18.7 Å². The number of carbonyl (C=O) groups is 1. The summed E-state index contributed by atoms with van der Waals surface area (Å²) in [4.78, 5) is 12.1. The maximum atomic E-state index is 12.1. The lowest BCUT2D eigenvalue weighted by molar-refractivity contribution is -0.136. The molecule has 106 valence electrons. The van der Waals surface area contributed by atoms with Gasteiger partial charge in [-0.25, -0.2) is 4.79 Å². The predicted octanol–water partition coefficient (Wildman–Crippen LogP) is 2.43. The van der Waals surface area contributed by atoms with Crippen LogP contribution in [0.3, 0.4) is 0 Å². The quantitative estimate of drug-likeness (QED) is 0.659.